The zero-order chi connectivity index (χ0) is 19.5. The molecule has 1 aliphatic rings. The Bertz CT molecular complexity index is 1080. The molecular weight excluding hydrogens is 356 g/mol. The number of benzene rings is 2. The summed E-state index contributed by atoms with van der Waals surface area (Å²) in [6, 6.07) is 17.4. The van der Waals surface area contributed by atoms with Gasteiger partial charge >= 0.3 is 0 Å². The van der Waals surface area contributed by atoms with Gasteiger partial charge in [-0.05, 0) is 43.2 Å². The van der Waals surface area contributed by atoms with Gasteiger partial charge in [-0.3, -0.25) is 25.2 Å². The van der Waals surface area contributed by atoms with Gasteiger partial charge in [0, 0.05) is 22.6 Å². The average molecular weight is 374 g/mol. The van der Waals surface area contributed by atoms with Crippen LogP contribution < -0.4 is 16.2 Å². The fourth-order valence-electron chi connectivity index (χ4n) is 2.77. The van der Waals surface area contributed by atoms with Crippen molar-refractivity contribution in [1.82, 2.24) is 15.8 Å². The van der Waals surface area contributed by atoms with Crippen molar-refractivity contribution in [3.8, 4) is 0 Å². The first-order chi connectivity index (χ1) is 13.6. The predicted octanol–water partition coefficient (Wildman–Crippen LogP) is 2.66. The van der Waals surface area contributed by atoms with Crippen LogP contribution in [0.15, 0.2) is 60.7 Å². The molecule has 1 aromatic heterocycles. The van der Waals surface area contributed by atoms with Gasteiger partial charge in [0.1, 0.15) is 5.69 Å². The number of carbonyl (C=O) groups is 3. The van der Waals surface area contributed by atoms with Gasteiger partial charge in [0.15, 0.2) is 0 Å². The maximum atomic E-state index is 12.3. The molecule has 1 aliphatic carbocycles. The Labute approximate surface area is 161 Å². The molecule has 0 bridgehead atoms. The summed E-state index contributed by atoms with van der Waals surface area (Å²) < 4.78 is 0. The first kappa shape index (κ1) is 17.7. The van der Waals surface area contributed by atoms with E-state index in [1.54, 1.807) is 36.4 Å². The van der Waals surface area contributed by atoms with E-state index in [4.69, 9.17) is 0 Å². The highest BCUT2D eigenvalue weighted by atomic mass is 16.2. The van der Waals surface area contributed by atoms with Gasteiger partial charge in [-0.1, -0.05) is 30.3 Å². The van der Waals surface area contributed by atoms with Crippen LogP contribution >= 0.6 is 0 Å². The highest BCUT2D eigenvalue weighted by Gasteiger charge is 2.29. The second-order valence-corrected chi connectivity index (χ2v) is 6.64. The molecule has 1 fully saturated rings. The van der Waals surface area contributed by atoms with Crippen molar-refractivity contribution in [2.75, 3.05) is 5.32 Å². The van der Waals surface area contributed by atoms with E-state index in [0.29, 0.717) is 16.8 Å². The number of pyridine rings is 1. The van der Waals surface area contributed by atoms with Crippen molar-refractivity contribution in [3.63, 3.8) is 0 Å². The number of para-hydroxylation sites is 1. The maximum absolute atomic E-state index is 12.3. The molecule has 140 valence electrons. The molecule has 0 aliphatic heterocycles. The Morgan fingerprint density at radius 2 is 1.64 bits per heavy atom. The molecular formula is C21H18N4O3. The van der Waals surface area contributed by atoms with Crippen LogP contribution in [0.5, 0.6) is 0 Å². The largest absolute Gasteiger partial charge is 0.326 e. The number of anilines is 1. The Morgan fingerprint density at radius 3 is 2.46 bits per heavy atom. The summed E-state index contributed by atoms with van der Waals surface area (Å²) in [6.45, 7) is 0. The standard InChI is InChI=1S/C21H18N4O3/c26-19(14-8-9-14)22-16-6-3-5-15(12-16)20(27)24-25-21(28)18-11-10-13-4-1-2-7-17(13)23-18/h1-7,10-12,14H,8-9H2,(H,22,26)(H,24,27)(H,25,28). The zero-order valence-electron chi connectivity index (χ0n) is 14.9. The van der Waals surface area contributed by atoms with Crippen molar-refractivity contribution < 1.29 is 14.4 Å². The molecule has 28 heavy (non-hydrogen) atoms. The number of amides is 3. The molecule has 2 aromatic carbocycles. The van der Waals surface area contributed by atoms with Gasteiger partial charge < -0.3 is 5.32 Å². The number of carbonyl (C=O) groups excluding carboxylic acids is 3. The molecule has 3 aromatic rings. The SMILES string of the molecule is O=C(NNC(=O)c1ccc2ccccc2n1)c1cccc(NC(=O)C2CC2)c1. The number of nitrogens with one attached hydrogen (secondary N) is 3. The molecule has 4 rings (SSSR count). The maximum Gasteiger partial charge on any atom is 0.288 e. The summed E-state index contributed by atoms with van der Waals surface area (Å²) in [7, 11) is 0. The molecule has 3 amide bonds. The average Bonchev–Trinajstić information content (AvgIpc) is 3.57. The molecule has 7 heteroatoms. The Kier molecular flexibility index (Phi) is 4.72. The van der Waals surface area contributed by atoms with Crippen molar-refractivity contribution >= 4 is 34.3 Å². The van der Waals surface area contributed by atoms with Crippen LogP contribution in [0.4, 0.5) is 5.69 Å². The number of aromatic nitrogens is 1. The van der Waals surface area contributed by atoms with Crippen LogP contribution in [0.1, 0.15) is 33.7 Å². The van der Waals surface area contributed by atoms with Gasteiger partial charge in [-0.25, -0.2) is 4.98 Å². The van der Waals surface area contributed by atoms with E-state index in [9.17, 15) is 14.4 Å². The predicted molar refractivity (Wildman–Crippen MR) is 104 cm³/mol. The minimum Gasteiger partial charge on any atom is -0.326 e. The third kappa shape index (κ3) is 3.98. The van der Waals surface area contributed by atoms with E-state index in [2.05, 4.69) is 21.2 Å². The van der Waals surface area contributed by atoms with Crippen molar-refractivity contribution in [3.05, 3.63) is 71.9 Å². The smallest absolute Gasteiger partial charge is 0.288 e. The van der Waals surface area contributed by atoms with Crippen LogP contribution in [0, 0.1) is 5.92 Å². The molecule has 0 radical (unpaired) electrons. The van der Waals surface area contributed by atoms with Gasteiger partial charge in [-0.15, -0.1) is 0 Å². The van der Waals surface area contributed by atoms with Crippen LogP contribution in [0.3, 0.4) is 0 Å². The van der Waals surface area contributed by atoms with E-state index in [1.807, 2.05) is 24.3 Å². The lowest BCUT2D eigenvalue weighted by Gasteiger charge is -2.09. The third-order valence-corrected chi connectivity index (χ3v) is 4.46. The highest BCUT2D eigenvalue weighted by Crippen LogP contribution is 2.30. The normalized spacial score (nSPS) is 13.0. The van der Waals surface area contributed by atoms with Crippen LogP contribution in [-0.4, -0.2) is 22.7 Å². The van der Waals surface area contributed by atoms with Gasteiger partial charge in [0.05, 0.1) is 5.52 Å². The van der Waals surface area contributed by atoms with E-state index >= 15 is 0 Å². The number of nitrogens with zero attached hydrogens (tertiary/aromatic N) is 1. The minimum absolute atomic E-state index is 0.0340. The van der Waals surface area contributed by atoms with Crippen LogP contribution in [0.2, 0.25) is 0 Å². The second-order valence-electron chi connectivity index (χ2n) is 6.64. The lowest BCUT2D eigenvalue weighted by atomic mass is 10.2. The van der Waals surface area contributed by atoms with Gasteiger partial charge in [-0.2, -0.15) is 0 Å². The first-order valence-electron chi connectivity index (χ1n) is 8.97. The van der Waals surface area contributed by atoms with E-state index in [1.165, 1.54) is 0 Å². The van der Waals surface area contributed by atoms with Crippen LogP contribution in [0.25, 0.3) is 10.9 Å². The van der Waals surface area contributed by atoms with E-state index in [0.717, 1.165) is 18.2 Å². The Balaban J connectivity index is 1.39. The Morgan fingerprint density at radius 1 is 0.857 bits per heavy atom. The van der Waals surface area contributed by atoms with Crippen LogP contribution in [-0.2, 0) is 4.79 Å². The minimum atomic E-state index is -0.516. The molecule has 0 atom stereocenters. The molecule has 1 saturated carbocycles. The number of fused-ring (bicyclic) bond motifs is 1. The van der Waals surface area contributed by atoms with Gasteiger partial charge in [0.2, 0.25) is 5.91 Å². The topological polar surface area (TPSA) is 100 Å². The van der Waals surface area contributed by atoms with E-state index in [-0.39, 0.29) is 17.5 Å². The second kappa shape index (κ2) is 7.48. The summed E-state index contributed by atoms with van der Waals surface area (Å²) in [4.78, 5) is 40.7. The lowest BCUT2D eigenvalue weighted by molar-refractivity contribution is -0.117. The molecule has 3 N–H and O–H groups in total. The number of rotatable bonds is 4. The summed E-state index contributed by atoms with van der Waals surface area (Å²) in [5.41, 5.74) is 6.49. The van der Waals surface area contributed by atoms with Crippen molar-refractivity contribution in [2.24, 2.45) is 5.92 Å². The van der Waals surface area contributed by atoms with Crippen molar-refractivity contribution in [2.45, 2.75) is 12.8 Å². The monoisotopic (exact) mass is 374 g/mol. The molecule has 0 unspecified atom stereocenters. The summed E-state index contributed by atoms with van der Waals surface area (Å²) in [6.07, 6.45) is 1.81. The highest BCUT2D eigenvalue weighted by molar-refractivity contribution is 6.00. The molecule has 7 nitrogen and oxygen atoms in total. The molecule has 1 heterocycles. The summed E-state index contributed by atoms with van der Waals surface area (Å²) in [5, 5.41) is 3.71. The first-order valence-corrected chi connectivity index (χ1v) is 8.97. The van der Waals surface area contributed by atoms with Crippen molar-refractivity contribution in [1.29, 1.82) is 0 Å². The molecule has 0 spiro atoms. The zero-order valence-corrected chi connectivity index (χ0v) is 14.9. The third-order valence-electron chi connectivity index (χ3n) is 4.46. The fraction of sp³-hybridized carbons (Fsp3) is 0.143. The number of hydrogen-bond acceptors (Lipinski definition) is 4. The number of hydrogen-bond donors (Lipinski definition) is 3. The summed E-state index contributed by atoms with van der Waals surface area (Å²) in [5.74, 6) is -0.964. The molecule has 0 saturated heterocycles. The quantitative estimate of drug-likeness (QED) is 0.611. The Hall–Kier alpha value is -3.74. The number of hydrazine groups is 1. The van der Waals surface area contributed by atoms with E-state index < -0.39 is 11.8 Å². The summed E-state index contributed by atoms with van der Waals surface area (Å²) >= 11 is 0. The lowest BCUT2D eigenvalue weighted by Crippen LogP contribution is -2.42. The fourth-order valence-corrected chi connectivity index (χ4v) is 2.77. The van der Waals surface area contributed by atoms with Gasteiger partial charge in [0.25, 0.3) is 11.8 Å².